The summed E-state index contributed by atoms with van der Waals surface area (Å²) in [6, 6.07) is 5.47. The van der Waals surface area contributed by atoms with Gasteiger partial charge in [0.05, 0.1) is 11.4 Å². The van der Waals surface area contributed by atoms with Crippen molar-refractivity contribution in [3.63, 3.8) is 0 Å². The molecule has 3 heterocycles. The Labute approximate surface area is 140 Å². The highest BCUT2D eigenvalue weighted by molar-refractivity contribution is 7.19. The lowest BCUT2D eigenvalue weighted by Crippen LogP contribution is -2.25. The van der Waals surface area contributed by atoms with Gasteiger partial charge in [-0.25, -0.2) is 9.78 Å². The number of thiazole rings is 1. The topological polar surface area (TPSA) is 92.9 Å². The lowest BCUT2D eigenvalue weighted by Gasteiger charge is -2.18. The van der Waals surface area contributed by atoms with Gasteiger partial charge in [-0.1, -0.05) is 18.3 Å². The molecule has 3 aromatic rings. The zero-order valence-corrected chi connectivity index (χ0v) is 13.5. The summed E-state index contributed by atoms with van der Waals surface area (Å²) in [6.07, 6.45) is 2.43. The number of hydrogen-bond donors (Lipinski definition) is 2. The standard InChI is InChI=1S/C16H13N3O4S/c1-2-11-14(15(21)22)24-16-18-10(6-19(11)16)8-3-4-12-9(5-8)17-13(20)7-23-12/h3-6H,2,7H2,1H3,(H,17,20)(H,21,22). The zero-order valence-electron chi connectivity index (χ0n) is 12.7. The fourth-order valence-corrected chi connectivity index (χ4v) is 3.80. The lowest BCUT2D eigenvalue weighted by molar-refractivity contribution is -0.118. The van der Waals surface area contributed by atoms with Crippen LogP contribution in [-0.4, -0.2) is 33.0 Å². The molecule has 2 N–H and O–H groups in total. The SMILES string of the molecule is CCc1c(C(=O)O)sc2nc(-c3ccc4c(c3)NC(=O)CO4)cn12. The first-order chi connectivity index (χ1) is 11.6. The summed E-state index contributed by atoms with van der Waals surface area (Å²) in [6.45, 7) is 1.93. The van der Waals surface area contributed by atoms with Gasteiger partial charge in [0.1, 0.15) is 10.6 Å². The Kier molecular flexibility index (Phi) is 3.27. The number of aromatic nitrogens is 2. The van der Waals surface area contributed by atoms with Crippen LogP contribution in [0.15, 0.2) is 24.4 Å². The number of hydrogen-bond acceptors (Lipinski definition) is 5. The van der Waals surface area contributed by atoms with Crippen molar-refractivity contribution in [3.8, 4) is 17.0 Å². The molecule has 1 aliphatic rings. The number of ether oxygens (including phenoxy) is 1. The van der Waals surface area contributed by atoms with Gasteiger partial charge in [-0.2, -0.15) is 0 Å². The Morgan fingerprint density at radius 1 is 1.50 bits per heavy atom. The molecule has 1 aliphatic heterocycles. The molecule has 0 spiro atoms. The van der Waals surface area contributed by atoms with Crippen molar-refractivity contribution in [1.29, 1.82) is 0 Å². The number of rotatable bonds is 3. The highest BCUT2D eigenvalue weighted by Gasteiger charge is 2.20. The Morgan fingerprint density at radius 2 is 2.33 bits per heavy atom. The molecular formula is C16H13N3O4S. The van der Waals surface area contributed by atoms with E-state index in [0.717, 1.165) is 28.3 Å². The van der Waals surface area contributed by atoms with Crippen LogP contribution in [0.4, 0.5) is 5.69 Å². The minimum absolute atomic E-state index is 0.0182. The molecule has 1 amide bonds. The molecule has 24 heavy (non-hydrogen) atoms. The van der Waals surface area contributed by atoms with Crippen LogP contribution < -0.4 is 10.1 Å². The molecule has 122 valence electrons. The van der Waals surface area contributed by atoms with Gasteiger partial charge in [0.15, 0.2) is 11.6 Å². The van der Waals surface area contributed by atoms with E-state index in [1.165, 1.54) is 0 Å². The van der Waals surface area contributed by atoms with Crippen molar-refractivity contribution in [3.05, 3.63) is 35.0 Å². The van der Waals surface area contributed by atoms with Gasteiger partial charge >= 0.3 is 5.97 Å². The molecule has 7 nitrogen and oxygen atoms in total. The van der Waals surface area contributed by atoms with Crippen molar-refractivity contribution in [2.45, 2.75) is 13.3 Å². The molecule has 2 aromatic heterocycles. The maximum absolute atomic E-state index is 11.4. The molecule has 0 bridgehead atoms. The van der Waals surface area contributed by atoms with E-state index in [4.69, 9.17) is 4.74 Å². The average Bonchev–Trinajstić information content (AvgIpc) is 3.11. The first kappa shape index (κ1) is 14.7. The molecule has 0 unspecified atom stereocenters. The predicted octanol–water partition coefficient (Wildman–Crippen LogP) is 2.65. The maximum atomic E-state index is 11.4. The zero-order chi connectivity index (χ0) is 16.8. The number of carbonyl (C=O) groups excluding carboxylic acids is 1. The fourth-order valence-electron chi connectivity index (χ4n) is 2.77. The van der Waals surface area contributed by atoms with Crippen LogP contribution in [0.25, 0.3) is 16.2 Å². The first-order valence-corrected chi connectivity index (χ1v) is 8.19. The van der Waals surface area contributed by atoms with Crippen molar-refractivity contribution < 1.29 is 19.4 Å². The number of carboxylic acid groups (broad SMARTS) is 1. The highest BCUT2D eigenvalue weighted by atomic mass is 32.1. The van der Waals surface area contributed by atoms with E-state index in [0.29, 0.717) is 27.7 Å². The number of aromatic carboxylic acids is 1. The van der Waals surface area contributed by atoms with Crippen LogP contribution in [0, 0.1) is 0 Å². The van der Waals surface area contributed by atoms with Crippen molar-refractivity contribution in [2.75, 3.05) is 11.9 Å². The number of carbonyl (C=O) groups is 2. The van der Waals surface area contributed by atoms with Gasteiger partial charge in [0, 0.05) is 17.5 Å². The third-order valence-corrected chi connectivity index (χ3v) is 4.94. The molecule has 1 aromatic carbocycles. The molecule has 0 radical (unpaired) electrons. The molecular weight excluding hydrogens is 330 g/mol. The number of imidazole rings is 1. The number of nitrogens with zero attached hydrogens (tertiary/aromatic N) is 2. The lowest BCUT2D eigenvalue weighted by atomic mass is 10.1. The van der Waals surface area contributed by atoms with Crippen molar-refractivity contribution in [2.24, 2.45) is 0 Å². The summed E-state index contributed by atoms with van der Waals surface area (Å²) in [4.78, 5) is 28.2. The van der Waals surface area contributed by atoms with Gasteiger partial charge in [0.25, 0.3) is 5.91 Å². The van der Waals surface area contributed by atoms with E-state index in [2.05, 4.69) is 10.3 Å². The first-order valence-electron chi connectivity index (χ1n) is 7.38. The van der Waals surface area contributed by atoms with Gasteiger partial charge in [-0.05, 0) is 24.6 Å². The van der Waals surface area contributed by atoms with Gasteiger partial charge in [-0.3, -0.25) is 9.20 Å². The summed E-state index contributed by atoms with van der Waals surface area (Å²) in [5.74, 6) is -0.496. The van der Waals surface area contributed by atoms with Gasteiger partial charge in [0.2, 0.25) is 0 Å². The molecule has 0 aliphatic carbocycles. The van der Waals surface area contributed by atoms with E-state index in [1.54, 1.807) is 6.07 Å². The largest absolute Gasteiger partial charge is 0.482 e. The number of benzene rings is 1. The minimum atomic E-state index is -0.933. The third-order valence-electron chi connectivity index (χ3n) is 3.86. The van der Waals surface area contributed by atoms with E-state index < -0.39 is 5.97 Å². The monoisotopic (exact) mass is 343 g/mol. The Bertz CT molecular complexity index is 989. The molecule has 4 rings (SSSR count). The summed E-state index contributed by atoms with van der Waals surface area (Å²) in [5, 5.41) is 12.0. The second-order valence-electron chi connectivity index (χ2n) is 5.36. The summed E-state index contributed by atoms with van der Waals surface area (Å²) in [7, 11) is 0. The number of fused-ring (bicyclic) bond motifs is 2. The van der Waals surface area contributed by atoms with Gasteiger partial charge < -0.3 is 15.2 Å². The summed E-state index contributed by atoms with van der Waals surface area (Å²) in [5.41, 5.74) is 2.89. The second-order valence-corrected chi connectivity index (χ2v) is 6.34. The summed E-state index contributed by atoms with van der Waals surface area (Å²) >= 11 is 1.16. The average molecular weight is 343 g/mol. The quantitative estimate of drug-likeness (QED) is 0.763. The second kappa shape index (κ2) is 5.34. The molecule has 8 heteroatoms. The molecule has 0 saturated carbocycles. The maximum Gasteiger partial charge on any atom is 0.347 e. The highest BCUT2D eigenvalue weighted by Crippen LogP contribution is 2.34. The van der Waals surface area contributed by atoms with Crippen LogP contribution >= 0.6 is 11.3 Å². The minimum Gasteiger partial charge on any atom is -0.482 e. The van der Waals surface area contributed by atoms with Crippen LogP contribution in [-0.2, 0) is 11.2 Å². The number of aryl methyl sites for hydroxylation is 1. The van der Waals surface area contributed by atoms with E-state index in [-0.39, 0.29) is 12.5 Å². The summed E-state index contributed by atoms with van der Waals surface area (Å²) < 4.78 is 7.17. The van der Waals surface area contributed by atoms with E-state index in [9.17, 15) is 14.7 Å². The molecule has 0 atom stereocenters. The van der Waals surface area contributed by atoms with E-state index in [1.807, 2.05) is 29.7 Å². The van der Waals surface area contributed by atoms with E-state index >= 15 is 0 Å². The van der Waals surface area contributed by atoms with Crippen LogP contribution in [0.5, 0.6) is 5.75 Å². The van der Waals surface area contributed by atoms with Gasteiger partial charge in [-0.15, -0.1) is 0 Å². The van der Waals surface area contributed by atoms with Crippen LogP contribution in [0.3, 0.4) is 0 Å². The third kappa shape index (κ3) is 2.23. The smallest absolute Gasteiger partial charge is 0.347 e. The molecule has 0 fully saturated rings. The fraction of sp³-hybridized carbons (Fsp3) is 0.188. The predicted molar refractivity (Wildman–Crippen MR) is 89.0 cm³/mol. The number of anilines is 1. The number of carboxylic acids is 1. The molecule has 0 saturated heterocycles. The van der Waals surface area contributed by atoms with Crippen molar-refractivity contribution >= 4 is 33.9 Å². The Hall–Kier alpha value is -2.87. The van der Waals surface area contributed by atoms with Crippen molar-refractivity contribution in [1.82, 2.24) is 9.38 Å². The number of nitrogens with one attached hydrogen (secondary N) is 1. The van der Waals surface area contributed by atoms with Crippen LogP contribution in [0.1, 0.15) is 22.3 Å². The Balaban J connectivity index is 1.80. The van der Waals surface area contributed by atoms with Crippen LogP contribution in [0.2, 0.25) is 0 Å². The Morgan fingerprint density at radius 3 is 3.08 bits per heavy atom. The number of amides is 1. The normalized spacial score (nSPS) is 13.5.